The fraction of sp³-hybridized carbons (Fsp3) is 0.0625. The largest absolute Gasteiger partial charge is 0.237 e. The average molecular weight is 287 g/mol. The first-order chi connectivity index (χ1) is 9.63. The Balaban J connectivity index is 1.98. The van der Waals surface area contributed by atoms with Crippen molar-refractivity contribution in [1.82, 2.24) is 4.98 Å². The summed E-state index contributed by atoms with van der Waals surface area (Å²) in [7, 11) is 0. The van der Waals surface area contributed by atoms with Gasteiger partial charge in [0, 0.05) is 5.56 Å². The van der Waals surface area contributed by atoms with Crippen molar-refractivity contribution in [3.8, 4) is 0 Å². The van der Waals surface area contributed by atoms with Crippen molar-refractivity contribution in [2.24, 2.45) is 0 Å². The highest BCUT2D eigenvalue weighted by Crippen LogP contribution is 2.25. The quantitative estimate of drug-likeness (QED) is 0.642. The van der Waals surface area contributed by atoms with E-state index in [2.05, 4.69) is 4.98 Å². The van der Waals surface area contributed by atoms with Crippen LogP contribution in [0.15, 0.2) is 36.4 Å². The minimum Gasteiger partial charge on any atom is -0.237 e. The second-order valence-electron chi connectivity index (χ2n) is 4.49. The van der Waals surface area contributed by atoms with Crippen LogP contribution in [0.25, 0.3) is 22.4 Å². The standard InChI is InChI=1S/C16H11F2NS/c1-10-5-7-15-14(9-10)19-16(20-15)8-6-11-12(17)3-2-4-13(11)18/h2-9H,1H3/b8-6+. The zero-order valence-electron chi connectivity index (χ0n) is 10.7. The van der Waals surface area contributed by atoms with Crippen molar-refractivity contribution >= 4 is 33.7 Å². The zero-order valence-corrected chi connectivity index (χ0v) is 11.5. The Hall–Kier alpha value is -2.07. The predicted molar refractivity (Wildman–Crippen MR) is 79.6 cm³/mol. The molecule has 0 N–H and O–H groups in total. The van der Waals surface area contributed by atoms with Gasteiger partial charge in [0.1, 0.15) is 16.6 Å². The highest BCUT2D eigenvalue weighted by molar-refractivity contribution is 7.19. The number of benzene rings is 2. The van der Waals surface area contributed by atoms with Gasteiger partial charge in [0.25, 0.3) is 0 Å². The van der Waals surface area contributed by atoms with Gasteiger partial charge in [-0.05, 0) is 48.9 Å². The van der Waals surface area contributed by atoms with Crippen LogP contribution < -0.4 is 0 Å². The summed E-state index contributed by atoms with van der Waals surface area (Å²) < 4.78 is 28.1. The molecule has 1 nitrogen and oxygen atoms in total. The summed E-state index contributed by atoms with van der Waals surface area (Å²) in [5.41, 5.74) is 2.00. The molecule has 0 atom stereocenters. The van der Waals surface area contributed by atoms with Gasteiger partial charge in [-0.2, -0.15) is 0 Å². The second kappa shape index (κ2) is 5.13. The first-order valence-corrected chi connectivity index (χ1v) is 6.94. The normalized spacial score (nSPS) is 11.6. The van der Waals surface area contributed by atoms with Crippen molar-refractivity contribution < 1.29 is 8.78 Å². The van der Waals surface area contributed by atoms with E-state index in [1.54, 1.807) is 6.08 Å². The third-order valence-electron chi connectivity index (χ3n) is 2.95. The summed E-state index contributed by atoms with van der Waals surface area (Å²) in [6, 6.07) is 9.85. The van der Waals surface area contributed by atoms with Crippen molar-refractivity contribution in [2.75, 3.05) is 0 Å². The Kier molecular flexibility index (Phi) is 3.32. The molecule has 2 aromatic carbocycles. The van der Waals surface area contributed by atoms with Gasteiger partial charge in [0.05, 0.1) is 10.2 Å². The van der Waals surface area contributed by atoms with E-state index in [0.717, 1.165) is 20.8 Å². The summed E-state index contributed by atoms with van der Waals surface area (Å²) in [6.45, 7) is 2.00. The molecule has 1 aromatic heterocycles. The lowest BCUT2D eigenvalue weighted by atomic mass is 10.2. The van der Waals surface area contributed by atoms with Gasteiger partial charge < -0.3 is 0 Å². The van der Waals surface area contributed by atoms with Crippen LogP contribution in [0.4, 0.5) is 8.78 Å². The zero-order chi connectivity index (χ0) is 14.1. The molecule has 0 unspecified atom stereocenters. The fourth-order valence-electron chi connectivity index (χ4n) is 1.95. The minimum absolute atomic E-state index is 0.0389. The Labute approximate surface area is 119 Å². The maximum Gasteiger partial charge on any atom is 0.133 e. The molecule has 0 radical (unpaired) electrons. The van der Waals surface area contributed by atoms with Crippen molar-refractivity contribution in [3.05, 3.63) is 64.2 Å². The van der Waals surface area contributed by atoms with E-state index >= 15 is 0 Å². The molecule has 0 saturated carbocycles. The number of aryl methyl sites for hydroxylation is 1. The van der Waals surface area contributed by atoms with Crippen LogP contribution in [-0.2, 0) is 0 Å². The highest BCUT2D eigenvalue weighted by Gasteiger charge is 2.05. The molecule has 0 aliphatic carbocycles. The van der Waals surface area contributed by atoms with Crippen LogP contribution in [0.1, 0.15) is 16.1 Å². The summed E-state index contributed by atoms with van der Waals surface area (Å²) in [4.78, 5) is 4.43. The third kappa shape index (κ3) is 2.47. The Morgan fingerprint density at radius 2 is 1.80 bits per heavy atom. The molecule has 0 saturated heterocycles. The second-order valence-corrected chi connectivity index (χ2v) is 5.55. The third-order valence-corrected chi connectivity index (χ3v) is 3.95. The van der Waals surface area contributed by atoms with Gasteiger partial charge in [-0.25, -0.2) is 13.8 Å². The Bertz CT molecular complexity index is 785. The van der Waals surface area contributed by atoms with Gasteiger partial charge in [0.15, 0.2) is 0 Å². The molecule has 0 aliphatic rings. The van der Waals surface area contributed by atoms with Crippen molar-refractivity contribution in [3.63, 3.8) is 0 Å². The molecule has 3 rings (SSSR count). The van der Waals surface area contributed by atoms with E-state index in [9.17, 15) is 8.78 Å². The fourth-order valence-corrected chi connectivity index (χ4v) is 2.80. The van der Waals surface area contributed by atoms with Crippen LogP contribution in [0.3, 0.4) is 0 Å². The van der Waals surface area contributed by atoms with Crippen LogP contribution >= 0.6 is 11.3 Å². The van der Waals surface area contributed by atoms with Gasteiger partial charge in [0.2, 0.25) is 0 Å². The molecule has 0 amide bonds. The first kappa shape index (κ1) is 12.9. The molecule has 0 bridgehead atoms. The smallest absolute Gasteiger partial charge is 0.133 e. The molecular formula is C16H11F2NS. The first-order valence-electron chi connectivity index (χ1n) is 6.13. The van der Waals surface area contributed by atoms with E-state index in [1.165, 1.54) is 35.6 Å². The molecule has 100 valence electrons. The summed E-state index contributed by atoms with van der Waals surface area (Å²) in [5.74, 6) is -1.14. The van der Waals surface area contributed by atoms with Gasteiger partial charge >= 0.3 is 0 Å². The topological polar surface area (TPSA) is 12.9 Å². The van der Waals surface area contributed by atoms with Crippen molar-refractivity contribution in [1.29, 1.82) is 0 Å². The number of thiazole rings is 1. The summed E-state index contributed by atoms with van der Waals surface area (Å²) >= 11 is 1.49. The molecule has 3 aromatic rings. The maximum atomic E-state index is 13.5. The Morgan fingerprint density at radius 3 is 2.55 bits per heavy atom. The van der Waals surface area contributed by atoms with E-state index in [-0.39, 0.29) is 5.56 Å². The van der Waals surface area contributed by atoms with E-state index in [1.807, 2.05) is 25.1 Å². The van der Waals surface area contributed by atoms with Gasteiger partial charge in [-0.3, -0.25) is 0 Å². The van der Waals surface area contributed by atoms with E-state index < -0.39 is 11.6 Å². The molecule has 0 spiro atoms. The molecule has 1 heterocycles. The molecular weight excluding hydrogens is 276 g/mol. The summed E-state index contributed by atoms with van der Waals surface area (Å²) in [6.07, 6.45) is 3.07. The Morgan fingerprint density at radius 1 is 1.05 bits per heavy atom. The predicted octanol–water partition coefficient (Wildman–Crippen LogP) is 5.05. The van der Waals surface area contributed by atoms with Crippen LogP contribution in [0.2, 0.25) is 0 Å². The minimum atomic E-state index is -0.571. The molecule has 0 fully saturated rings. The van der Waals surface area contributed by atoms with Crippen LogP contribution in [0, 0.1) is 18.6 Å². The number of nitrogens with zero attached hydrogens (tertiary/aromatic N) is 1. The molecule has 4 heteroatoms. The maximum absolute atomic E-state index is 13.5. The lowest BCUT2D eigenvalue weighted by molar-refractivity contribution is 0.579. The van der Waals surface area contributed by atoms with Crippen LogP contribution in [-0.4, -0.2) is 4.98 Å². The number of aromatic nitrogens is 1. The molecule has 20 heavy (non-hydrogen) atoms. The number of hydrogen-bond donors (Lipinski definition) is 0. The number of halogens is 2. The lowest BCUT2D eigenvalue weighted by Gasteiger charge is -1.97. The average Bonchev–Trinajstić information content (AvgIpc) is 2.80. The van der Waals surface area contributed by atoms with E-state index in [4.69, 9.17) is 0 Å². The van der Waals surface area contributed by atoms with Gasteiger partial charge in [-0.15, -0.1) is 11.3 Å². The van der Waals surface area contributed by atoms with Gasteiger partial charge in [-0.1, -0.05) is 12.1 Å². The number of fused-ring (bicyclic) bond motifs is 1. The highest BCUT2D eigenvalue weighted by atomic mass is 32.1. The SMILES string of the molecule is Cc1ccc2sc(/C=C/c3c(F)cccc3F)nc2c1. The van der Waals surface area contributed by atoms with Crippen LogP contribution in [0.5, 0.6) is 0 Å². The number of rotatable bonds is 2. The number of hydrogen-bond acceptors (Lipinski definition) is 2. The summed E-state index contributed by atoms with van der Waals surface area (Å²) in [5, 5.41) is 0.730. The monoisotopic (exact) mass is 287 g/mol. The molecule has 0 aliphatic heterocycles. The van der Waals surface area contributed by atoms with E-state index in [0.29, 0.717) is 0 Å². The lowest BCUT2D eigenvalue weighted by Crippen LogP contribution is -1.86. The van der Waals surface area contributed by atoms with Crippen molar-refractivity contribution in [2.45, 2.75) is 6.92 Å².